The Labute approximate surface area is 169 Å². The molecule has 5 rings (SSSR count). The van der Waals surface area contributed by atoms with Crippen LogP contribution in [0.5, 0.6) is 0 Å². The normalized spacial score (nSPS) is 18.5. The van der Waals surface area contributed by atoms with Crippen molar-refractivity contribution < 1.29 is 9.59 Å². The number of nitrogens with one attached hydrogen (secondary N) is 1. The van der Waals surface area contributed by atoms with Gasteiger partial charge in [-0.2, -0.15) is 0 Å². The van der Waals surface area contributed by atoms with Crippen LogP contribution in [0, 0.1) is 0 Å². The van der Waals surface area contributed by atoms with Crippen LogP contribution in [-0.2, 0) is 6.54 Å². The largest absolute Gasteiger partial charge is 0.348 e. The fourth-order valence-electron chi connectivity index (χ4n) is 4.26. The third kappa shape index (κ3) is 3.06. The van der Waals surface area contributed by atoms with Crippen molar-refractivity contribution in [1.29, 1.82) is 0 Å². The smallest absolute Gasteiger partial charge is 0.321 e. The maximum atomic E-state index is 13.4. The van der Waals surface area contributed by atoms with Crippen molar-refractivity contribution in [3.8, 4) is 0 Å². The Kier molecular flexibility index (Phi) is 4.31. The number of benzene rings is 2. The van der Waals surface area contributed by atoms with E-state index >= 15 is 0 Å². The van der Waals surface area contributed by atoms with Gasteiger partial charge in [0.1, 0.15) is 0 Å². The minimum absolute atomic E-state index is 0.00345. The molecule has 1 N–H and O–H groups in total. The number of carbonyl (C=O) groups is 2. The molecule has 3 heterocycles. The van der Waals surface area contributed by atoms with Gasteiger partial charge in [-0.1, -0.05) is 30.3 Å². The third-order valence-electron chi connectivity index (χ3n) is 5.70. The lowest BCUT2D eigenvalue weighted by molar-refractivity contribution is 0.0664. The van der Waals surface area contributed by atoms with Crippen LogP contribution in [0.25, 0.3) is 0 Å². The van der Waals surface area contributed by atoms with Crippen LogP contribution >= 0.6 is 0 Å². The Morgan fingerprint density at radius 1 is 0.897 bits per heavy atom. The summed E-state index contributed by atoms with van der Waals surface area (Å²) in [7, 11) is 0. The molecule has 2 aromatic carbocycles. The number of carbonyl (C=O) groups excluding carboxylic acids is 2. The number of fused-ring (bicyclic) bond motifs is 1. The van der Waals surface area contributed by atoms with Crippen molar-refractivity contribution in [2.24, 2.45) is 0 Å². The van der Waals surface area contributed by atoms with E-state index in [0.29, 0.717) is 25.2 Å². The van der Waals surface area contributed by atoms with Crippen LogP contribution < -0.4 is 10.2 Å². The van der Waals surface area contributed by atoms with Crippen LogP contribution in [0.4, 0.5) is 10.5 Å². The Morgan fingerprint density at radius 2 is 1.69 bits per heavy atom. The summed E-state index contributed by atoms with van der Waals surface area (Å²) in [5.74, 6) is 0.00345. The molecule has 0 saturated carbocycles. The molecular formula is C23H22N4O2. The molecule has 1 saturated heterocycles. The molecule has 3 aromatic rings. The molecule has 6 heteroatoms. The van der Waals surface area contributed by atoms with Crippen LogP contribution in [0.1, 0.15) is 27.7 Å². The number of anilines is 1. The monoisotopic (exact) mass is 386 g/mol. The van der Waals surface area contributed by atoms with E-state index in [0.717, 1.165) is 23.5 Å². The Hall–Kier alpha value is -3.54. The van der Waals surface area contributed by atoms with Gasteiger partial charge in [0.05, 0.1) is 6.04 Å². The van der Waals surface area contributed by atoms with E-state index in [1.807, 2.05) is 53.4 Å². The quantitative estimate of drug-likeness (QED) is 0.751. The van der Waals surface area contributed by atoms with Gasteiger partial charge in [0.25, 0.3) is 5.91 Å². The molecule has 1 atom stereocenters. The lowest BCUT2D eigenvalue weighted by Crippen LogP contribution is -2.42. The van der Waals surface area contributed by atoms with Gasteiger partial charge in [-0.15, -0.1) is 0 Å². The summed E-state index contributed by atoms with van der Waals surface area (Å²) in [5, 5.41) is 2.80. The molecule has 2 aliphatic heterocycles. The molecule has 146 valence electrons. The topological polar surface area (TPSA) is 57.6 Å². The number of nitrogens with zero attached hydrogens (tertiary/aromatic N) is 3. The average molecular weight is 386 g/mol. The lowest BCUT2D eigenvalue weighted by Gasteiger charge is -2.37. The summed E-state index contributed by atoms with van der Waals surface area (Å²) >= 11 is 0. The summed E-state index contributed by atoms with van der Waals surface area (Å²) in [6, 6.07) is 21.4. The van der Waals surface area contributed by atoms with Crippen molar-refractivity contribution in [2.75, 3.05) is 24.5 Å². The molecular weight excluding hydrogens is 364 g/mol. The molecule has 29 heavy (non-hydrogen) atoms. The van der Waals surface area contributed by atoms with E-state index < -0.39 is 0 Å². The highest BCUT2D eigenvalue weighted by Gasteiger charge is 2.32. The van der Waals surface area contributed by atoms with E-state index in [-0.39, 0.29) is 18.0 Å². The fraction of sp³-hybridized carbons (Fsp3) is 0.217. The highest BCUT2D eigenvalue weighted by molar-refractivity contribution is 5.97. The predicted octanol–water partition coefficient (Wildman–Crippen LogP) is 3.26. The minimum atomic E-state index is -0.114. The predicted molar refractivity (Wildman–Crippen MR) is 111 cm³/mol. The second-order valence-corrected chi connectivity index (χ2v) is 7.37. The molecule has 0 radical (unpaired) electrons. The zero-order chi connectivity index (χ0) is 19.8. The SMILES string of the molecule is O=C1NCCN1c1ccc(C(=O)N2CCn3cccc3C2c2ccccc2)cc1. The number of hydrogen-bond donors (Lipinski definition) is 1. The summed E-state index contributed by atoms with van der Waals surface area (Å²) < 4.78 is 2.22. The number of rotatable bonds is 3. The molecule has 1 aromatic heterocycles. The lowest BCUT2D eigenvalue weighted by atomic mass is 9.99. The summed E-state index contributed by atoms with van der Waals surface area (Å²) in [6.07, 6.45) is 2.07. The van der Waals surface area contributed by atoms with E-state index in [1.54, 1.807) is 4.90 Å². The first-order chi connectivity index (χ1) is 14.2. The molecule has 0 aliphatic carbocycles. The van der Waals surface area contributed by atoms with E-state index in [2.05, 4.69) is 34.3 Å². The average Bonchev–Trinajstić information content (AvgIpc) is 3.42. The van der Waals surface area contributed by atoms with Crippen LogP contribution in [0.15, 0.2) is 72.9 Å². The number of hydrogen-bond acceptors (Lipinski definition) is 2. The molecule has 2 aliphatic rings. The first-order valence-corrected chi connectivity index (χ1v) is 9.89. The first-order valence-electron chi connectivity index (χ1n) is 9.89. The van der Waals surface area contributed by atoms with Gasteiger partial charge in [-0.3, -0.25) is 9.69 Å². The van der Waals surface area contributed by atoms with Crippen LogP contribution in [0.2, 0.25) is 0 Å². The van der Waals surface area contributed by atoms with E-state index in [9.17, 15) is 9.59 Å². The highest BCUT2D eigenvalue weighted by Crippen LogP contribution is 2.33. The molecule has 1 unspecified atom stereocenters. The van der Waals surface area contributed by atoms with Crippen molar-refractivity contribution >= 4 is 17.6 Å². The Bertz CT molecular complexity index is 1040. The van der Waals surface area contributed by atoms with Crippen LogP contribution in [-0.4, -0.2) is 41.0 Å². The Balaban J connectivity index is 1.46. The van der Waals surface area contributed by atoms with Gasteiger partial charge < -0.3 is 14.8 Å². The second-order valence-electron chi connectivity index (χ2n) is 7.37. The molecule has 1 fully saturated rings. The molecule has 0 spiro atoms. The van der Waals surface area contributed by atoms with E-state index in [4.69, 9.17) is 0 Å². The van der Waals surface area contributed by atoms with Gasteiger partial charge >= 0.3 is 6.03 Å². The fourth-order valence-corrected chi connectivity index (χ4v) is 4.26. The Morgan fingerprint density at radius 3 is 2.41 bits per heavy atom. The van der Waals surface area contributed by atoms with Gasteiger partial charge in [0.15, 0.2) is 0 Å². The third-order valence-corrected chi connectivity index (χ3v) is 5.70. The van der Waals surface area contributed by atoms with Crippen molar-refractivity contribution in [3.05, 3.63) is 89.7 Å². The standard InChI is InChI=1S/C23H22N4O2/c28-22(18-8-10-19(11-9-18)26-14-12-24-23(26)29)27-16-15-25-13-4-7-20(25)21(27)17-5-2-1-3-6-17/h1-11,13,21H,12,14-16H2,(H,24,29). The number of aromatic nitrogens is 1. The number of urea groups is 1. The number of amides is 3. The van der Waals surface area contributed by atoms with Gasteiger partial charge in [-0.25, -0.2) is 4.79 Å². The van der Waals surface area contributed by atoms with E-state index in [1.165, 1.54) is 0 Å². The highest BCUT2D eigenvalue weighted by atomic mass is 16.2. The molecule has 3 amide bonds. The van der Waals surface area contributed by atoms with Crippen LogP contribution in [0.3, 0.4) is 0 Å². The minimum Gasteiger partial charge on any atom is -0.348 e. The first kappa shape index (κ1) is 17.6. The summed E-state index contributed by atoms with van der Waals surface area (Å²) in [5.41, 5.74) is 3.67. The zero-order valence-electron chi connectivity index (χ0n) is 16.0. The van der Waals surface area contributed by atoms with Gasteiger partial charge in [-0.05, 0) is 42.0 Å². The maximum absolute atomic E-state index is 13.4. The molecule has 6 nitrogen and oxygen atoms in total. The molecule has 0 bridgehead atoms. The second kappa shape index (κ2) is 7.13. The maximum Gasteiger partial charge on any atom is 0.321 e. The van der Waals surface area contributed by atoms with Crippen molar-refractivity contribution in [3.63, 3.8) is 0 Å². The van der Waals surface area contributed by atoms with Gasteiger partial charge in [0, 0.05) is 49.3 Å². The summed E-state index contributed by atoms with van der Waals surface area (Å²) in [4.78, 5) is 28.9. The summed E-state index contributed by atoms with van der Waals surface area (Å²) in [6.45, 7) is 2.72. The van der Waals surface area contributed by atoms with Crippen molar-refractivity contribution in [1.82, 2.24) is 14.8 Å². The van der Waals surface area contributed by atoms with Gasteiger partial charge in [0.2, 0.25) is 0 Å². The zero-order valence-corrected chi connectivity index (χ0v) is 16.0. The van der Waals surface area contributed by atoms with Crippen molar-refractivity contribution in [2.45, 2.75) is 12.6 Å².